The number of rotatable bonds is 5. The van der Waals surface area contributed by atoms with Crippen LogP contribution in [0.25, 0.3) is 0 Å². The van der Waals surface area contributed by atoms with Gasteiger partial charge in [-0.05, 0) is 42.5 Å². The first kappa shape index (κ1) is 17.9. The van der Waals surface area contributed by atoms with Crippen LogP contribution in [-0.2, 0) is 6.18 Å². The first-order valence-electron chi connectivity index (χ1n) is 6.79. The number of ether oxygens (including phenoxy) is 1. The van der Waals surface area contributed by atoms with Crippen molar-refractivity contribution in [2.24, 2.45) is 0 Å². The van der Waals surface area contributed by atoms with Crippen LogP contribution in [0.5, 0.6) is 5.75 Å². The van der Waals surface area contributed by atoms with Crippen LogP contribution in [0.4, 0.5) is 18.9 Å². The highest BCUT2D eigenvalue weighted by Gasteiger charge is 2.33. The fraction of sp³-hybridized carbons (Fsp3) is 0.118. The van der Waals surface area contributed by atoms with Gasteiger partial charge in [0.1, 0.15) is 5.75 Å². The lowest BCUT2D eigenvalue weighted by atomic mass is 10.1. The molecular weight excluding hydrogens is 343 g/mol. The molecule has 0 spiro atoms. The summed E-state index contributed by atoms with van der Waals surface area (Å²) in [4.78, 5) is 11.9. The van der Waals surface area contributed by atoms with Crippen LogP contribution in [0, 0.1) is 0 Å². The molecule has 0 bridgehead atoms. The Bertz CT molecular complexity index is 755. The van der Waals surface area contributed by atoms with Crippen molar-refractivity contribution in [2.45, 2.75) is 6.18 Å². The lowest BCUT2D eigenvalue weighted by Gasteiger charge is -2.10. The van der Waals surface area contributed by atoms with E-state index in [1.807, 2.05) is 0 Å². The second-order valence-corrected chi connectivity index (χ2v) is 5.17. The molecular formula is C17H13ClF3NO2. The summed E-state index contributed by atoms with van der Waals surface area (Å²) in [5.41, 5.74) is -0.338. The number of ketones is 1. The molecule has 126 valence electrons. The molecule has 7 heteroatoms. The fourth-order valence-corrected chi connectivity index (χ4v) is 2.12. The van der Waals surface area contributed by atoms with Crippen LogP contribution in [0.3, 0.4) is 0 Å². The topological polar surface area (TPSA) is 38.3 Å². The number of allylic oxidation sites excluding steroid dienone is 1. The van der Waals surface area contributed by atoms with Crippen molar-refractivity contribution in [1.29, 1.82) is 0 Å². The third kappa shape index (κ3) is 4.52. The van der Waals surface area contributed by atoms with E-state index in [-0.39, 0.29) is 16.5 Å². The van der Waals surface area contributed by atoms with Crippen molar-refractivity contribution in [3.63, 3.8) is 0 Å². The summed E-state index contributed by atoms with van der Waals surface area (Å²) in [5.74, 6) is 0.324. The number of carbonyl (C=O) groups is 1. The molecule has 0 amide bonds. The molecule has 0 heterocycles. The standard InChI is InChI=1S/C17H13ClF3NO2/c1-24-13-5-2-11(3-6-13)16(23)8-9-22-12-4-7-15(18)14(10-12)17(19,20)21/h2-10,22H,1H3/b9-8+. The van der Waals surface area contributed by atoms with E-state index in [0.29, 0.717) is 11.3 Å². The van der Waals surface area contributed by atoms with Gasteiger partial charge in [0.05, 0.1) is 17.7 Å². The summed E-state index contributed by atoms with van der Waals surface area (Å²) in [6.45, 7) is 0. The third-order valence-corrected chi connectivity index (χ3v) is 3.46. The molecule has 0 radical (unpaired) electrons. The van der Waals surface area contributed by atoms with Gasteiger partial charge in [0.2, 0.25) is 0 Å². The summed E-state index contributed by atoms with van der Waals surface area (Å²) >= 11 is 5.54. The summed E-state index contributed by atoms with van der Waals surface area (Å²) < 4.78 is 43.3. The smallest absolute Gasteiger partial charge is 0.417 e. The van der Waals surface area contributed by atoms with Gasteiger partial charge in [-0.15, -0.1) is 0 Å². The molecule has 0 aliphatic carbocycles. The van der Waals surface area contributed by atoms with E-state index in [2.05, 4.69) is 5.32 Å². The second-order valence-electron chi connectivity index (χ2n) is 4.76. The van der Waals surface area contributed by atoms with Crippen LogP contribution in [-0.4, -0.2) is 12.9 Å². The SMILES string of the molecule is COc1ccc(C(=O)/C=C/Nc2ccc(Cl)c(C(F)(F)F)c2)cc1. The average Bonchev–Trinajstić information content (AvgIpc) is 2.55. The van der Waals surface area contributed by atoms with Gasteiger partial charge in [-0.3, -0.25) is 4.79 Å². The van der Waals surface area contributed by atoms with Crippen LogP contribution < -0.4 is 10.1 Å². The van der Waals surface area contributed by atoms with Crippen molar-refractivity contribution >= 4 is 23.1 Å². The van der Waals surface area contributed by atoms with Gasteiger partial charge in [0, 0.05) is 23.5 Å². The van der Waals surface area contributed by atoms with E-state index in [4.69, 9.17) is 16.3 Å². The number of carbonyl (C=O) groups excluding carboxylic acids is 1. The molecule has 0 atom stereocenters. The lowest BCUT2D eigenvalue weighted by molar-refractivity contribution is -0.137. The van der Waals surface area contributed by atoms with E-state index < -0.39 is 11.7 Å². The summed E-state index contributed by atoms with van der Waals surface area (Å²) in [7, 11) is 1.52. The molecule has 24 heavy (non-hydrogen) atoms. The Balaban J connectivity index is 2.07. The number of benzene rings is 2. The fourth-order valence-electron chi connectivity index (χ4n) is 1.90. The minimum absolute atomic E-state index is 0.172. The molecule has 1 N–H and O–H groups in total. The van der Waals surface area contributed by atoms with Gasteiger partial charge in [-0.25, -0.2) is 0 Å². The molecule has 0 aliphatic rings. The minimum atomic E-state index is -4.54. The maximum atomic E-state index is 12.8. The van der Waals surface area contributed by atoms with E-state index in [9.17, 15) is 18.0 Å². The monoisotopic (exact) mass is 355 g/mol. The zero-order valence-corrected chi connectivity index (χ0v) is 13.3. The van der Waals surface area contributed by atoms with Crippen LogP contribution in [0.2, 0.25) is 5.02 Å². The number of methoxy groups -OCH3 is 1. The molecule has 2 rings (SSSR count). The lowest BCUT2D eigenvalue weighted by Crippen LogP contribution is -2.06. The Labute approximate surface area is 141 Å². The van der Waals surface area contributed by atoms with Crippen LogP contribution >= 0.6 is 11.6 Å². The summed E-state index contributed by atoms with van der Waals surface area (Å²) in [6.07, 6.45) is -2.04. The van der Waals surface area contributed by atoms with Crippen LogP contribution in [0.15, 0.2) is 54.7 Å². The zero-order valence-electron chi connectivity index (χ0n) is 12.5. The predicted molar refractivity (Wildman–Crippen MR) is 86.5 cm³/mol. The summed E-state index contributed by atoms with van der Waals surface area (Å²) in [6, 6.07) is 9.88. The number of hydrogen-bond donors (Lipinski definition) is 1. The molecule has 2 aromatic rings. The maximum absolute atomic E-state index is 12.8. The Kier molecular flexibility index (Phi) is 5.51. The van der Waals surface area contributed by atoms with Gasteiger partial charge < -0.3 is 10.1 Å². The molecule has 0 aliphatic heterocycles. The van der Waals surface area contributed by atoms with Crippen molar-refractivity contribution in [2.75, 3.05) is 12.4 Å². The second kappa shape index (κ2) is 7.40. The van der Waals surface area contributed by atoms with Gasteiger partial charge in [-0.2, -0.15) is 13.2 Å². The third-order valence-electron chi connectivity index (χ3n) is 3.13. The highest BCUT2D eigenvalue weighted by atomic mass is 35.5. The van der Waals surface area contributed by atoms with Gasteiger partial charge in [0.25, 0.3) is 0 Å². The Morgan fingerprint density at radius 2 is 1.83 bits per heavy atom. The zero-order chi connectivity index (χ0) is 17.7. The van der Waals surface area contributed by atoms with Crippen molar-refractivity contribution in [1.82, 2.24) is 0 Å². The van der Waals surface area contributed by atoms with Gasteiger partial charge >= 0.3 is 6.18 Å². The largest absolute Gasteiger partial charge is 0.497 e. The number of nitrogens with one attached hydrogen (secondary N) is 1. The Hall–Kier alpha value is -2.47. The minimum Gasteiger partial charge on any atom is -0.497 e. The van der Waals surface area contributed by atoms with Crippen molar-refractivity contribution in [3.05, 3.63) is 70.9 Å². The van der Waals surface area contributed by atoms with Crippen molar-refractivity contribution in [3.8, 4) is 5.75 Å². The maximum Gasteiger partial charge on any atom is 0.417 e. The van der Waals surface area contributed by atoms with E-state index in [0.717, 1.165) is 12.1 Å². The van der Waals surface area contributed by atoms with Crippen molar-refractivity contribution < 1.29 is 22.7 Å². The number of hydrogen-bond acceptors (Lipinski definition) is 3. The number of halogens is 4. The molecule has 0 aromatic heterocycles. The Morgan fingerprint density at radius 3 is 2.42 bits per heavy atom. The van der Waals surface area contributed by atoms with E-state index in [1.54, 1.807) is 24.3 Å². The normalized spacial score (nSPS) is 11.5. The van der Waals surface area contributed by atoms with E-state index in [1.165, 1.54) is 25.5 Å². The highest BCUT2D eigenvalue weighted by molar-refractivity contribution is 6.31. The van der Waals surface area contributed by atoms with Gasteiger partial charge in [-0.1, -0.05) is 11.6 Å². The molecule has 0 unspecified atom stereocenters. The first-order valence-corrected chi connectivity index (χ1v) is 7.17. The molecule has 0 saturated heterocycles. The highest BCUT2D eigenvalue weighted by Crippen LogP contribution is 2.36. The average molecular weight is 356 g/mol. The first-order chi connectivity index (χ1) is 11.3. The predicted octanol–water partition coefficient (Wildman–Crippen LogP) is 5.18. The number of alkyl halides is 3. The quantitative estimate of drug-likeness (QED) is 0.593. The molecule has 2 aromatic carbocycles. The molecule has 0 saturated carbocycles. The van der Waals surface area contributed by atoms with Crippen LogP contribution in [0.1, 0.15) is 15.9 Å². The number of anilines is 1. The molecule has 0 fully saturated rings. The molecule has 3 nitrogen and oxygen atoms in total. The Morgan fingerprint density at radius 1 is 1.17 bits per heavy atom. The summed E-state index contributed by atoms with van der Waals surface area (Å²) in [5, 5.41) is 2.24. The van der Waals surface area contributed by atoms with E-state index >= 15 is 0 Å². The van der Waals surface area contributed by atoms with Gasteiger partial charge in [0.15, 0.2) is 5.78 Å².